The standard InChI is InChI=1S/C13H29ClN.C7H8O3S/c1-4-7-10-15(13-14,11-8-5-2)12-9-6-3;1-6-2-4-7(5-3-6)11(8,9)10/h4-13H2,1-3H3;2-5H,1H3,(H,8,9,10)/q+1;/p-1. The Kier molecular flexibility index (Phi) is 13.2. The van der Waals surface area contributed by atoms with Crippen molar-refractivity contribution in [2.75, 3.05) is 25.6 Å². The Labute approximate surface area is 165 Å². The van der Waals surface area contributed by atoms with Crippen molar-refractivity contribution in [3.8, 4) is 0 Å². The van der Waals surface area contributed by atoms with E-state index in [1.54, 1.807) is 12.1 Å². The molecule has 0 amide bonds. The summed E-state index contributed by atoms with van der Waals surface area (Å²) in [4.78, 5) is -0.178. The minimum Gasteiger partial charge on any atom is -0.744 e. The van der Waals surface area contributed by atoms with Gasteiger partial charge in [-0.1, -0.05) is 69.3 Å². The molecule has 0 atom stereocenters. The maximum absolute atomic E-state index is 10.4. The third-order valence-corrected chi connectivity index (χ3v) is 5.88. The summed E-state index contributed by atoms with van der Waals surface area (Å²) in [7, 11) is -4.27. The van der Waals surface area contributed by atoms with Gasteiger partial charge in [-0.25, -0.2) is 8.42 Å². The van der Waals surface area contributed by atoms with Crippen molar-refractivity contribution in [3.05, 3.63) is 29.8 Å². The van der Waals surface area contributed by atoms with Crippen LogP contribution in [0.15, 0.2) is 29.2 Å². The first kappa shape index (κ1) is 25.4. The summed E-state index contributed by atoms with van der Waals surface area (Å²) < 4.78 is 32.3. The first-order chi connectivity index (χ1) is 12.2. The van der Waals surface area contributed by atoms with E-state index in [-0.39, 0.29) is 4.90 Å². The number of rotatable bonds is 11. The van der Waals surface area contributed by atoms with Crippen LogP contribution >= 0.6 is 11.6 Å². The summed E-state index contributed by atoms with van der Waals surface area (Å²) in [5.41, 5.74) is 0.928. The van der Waals surface area contributed by atoms with E-state index in [1.165, 1.54) is 70.3 Å². The second-order valence-electron chi connectivity index (χ2n) is 6.96. The van der Waals surface area contributed by atoms with Gasteiger partial charge in [-0.3, -0.25) is 0 Å². The average molecular weight is 406 g/mol. The number of unbranched alkanes of at least 4 members (excludes halogenated alkanes) is 3. The van der Waals surface area contributed by atoms with E-state index in [0.29, 0.717) is 0 Å². The molecular formula is C20H36ClNO3S. The normalized spacial score (nSPS) is 11.8. The van der Waals surface area contributed by atoms with Crippen molar-refractivity contribution in [2.45, 2.75) is 71.1 Å². The van der Waals surface area contributed by atoms with Crippen LogP contribution in [0.25, 0.3) is 0 Å². The topological polar surface area (TPSA) is 57.2 Å². The fourth-order valence-electron chi connectivity index (χ4n) is 2.70. The Balaban J connectivity index is 0.000000502. The highest BCUT2D eigenvalue weighted by Crippen LogP contribution is 2.15. The molecule has 0 saturated carbocycles. The van der Waals surface area contributed by atoms with Crippen LogP contribution in [-0.2, 0) is 10.1 Å². The predicted octanol–water partition coefficient (Wildman–Crippen LogP) is 5.30. The van der Waals surface area contributed by atoms with E-state index in [9.17, 15) is 13.0 Å². The minimum atomic E-state index is -4.27. The second-order valence-corrected chi connectivity index (χ2v) is 8.58. The third kappa shape index (κ3) is 10.5. The van der Waals surface area contributed by atoms with Crippen LogP contribution in [0.1, 0.15) is 64.9 Å². The molecule has 26 heavy (non-hydrogen) atoms. The van der Waals surface area contributed by atoms with Crippen molar-refractivity contribution < 1.29 is 17.5 Å². The highest BCUT2D eigenvalue weighted by atomic mass is 35.5. The zero-order valence-corrected chi connectivity index (χ0v) is 18.4. The predicted molar refractivity (Wildman–Crippen MR) is 109 cm³/mol. The van der Waals surface area contributed by atoms with E-state index in [1.807, 2.05) is 6.92 Å². The van der Waals surface area contributed by atoms with Gasteiger partial charge in [0.1, 0.15) is 10.1 Å². The molecule has 1 aromatic carbocycles. The van der Waals surface area contributed by atoms with Crippen molar-refractivity contribution in [2.24, 2.45) is 0 Å². The Hall–Kier alpha value is -0.620. The van der Waals surface area contributed by atoms with Gasteiger partial charge in [-0.2, -0.15) is 0 Å². The van der Waals surface area contributed by atoms with Gasteiger partial charge in [-0.15, -0.1) is 0 Å². The smallest absolute Gasteiger partial charge is 0.154 e. The maximum Gasteiger partial charge on any atom is 0.154 e. The molecule has 0 heterocycles. The fourth-order valence-corrected chi connectivity index (χ4v) is 3.53. The molecule has 0 aromatic heterocycles. The average Bonchev–Trinajstić information content (AvgIpc) is 2.62. The van der Waals surface area contributed by atoms with Gasteiger partial charge >= 0.3 is 0 Å². The molecular weight excluding hydrogens is 370 g/mol. The lowest BCUT2D eigenvalue weighted by Crippen LogP contribution is -2.49. The summed E-state index contributed by atoms with van der Waals surface area (Å²) in [6.45, 7) is 12.5. The summed E-state index contributed by atoms with van der Waals surface area (Å²) in [5.74, 6) is 0. The first-order valence-electron chi connectivity index (χ1n) is 9.68. The molecule has 0 aliphatic heterocycles. The lowest BCUT2D eigenvalue weighted by Gasteiger charge is -2.37. The van der Waals surface area contributed by atoms with E-state index >= 15 is 0 Å². The first-order valence-corrected chi connectivity index (χ1v) is 11.6. The van der Waals surface area contributed by atoms with E-state index in [4.69, 9.17) is 11.6 Å². The molecule has 0 N–H and O–H groups in total. The molecule has 6 heteroatoms. The van der Waals surface area contributed by atoms with E-state index < -0.39 is 10.1 Å². The monoisotopic (exact) mass is 405 g/mol. The van der Waals surface area contributed by atoms with Gasteiger partial charge in [0.25, 0.3) is 0 Å². The van der Waals surface area contributed by atoms with Gasteiger partial charge in [0.15, 0.2) is 6.00 Å². The number of hydrogen-bond donors (Lipinski definition) is 0. The zero-order valence-electron chi connectivity index (χ0n) is 16.8. The van der Waals surface area contributed by atoms with Crippen molar-refractivity contribution in [1.29, 1.82) is 0 Å². The van der Waals surface area contributed by atoms with Crippen LogP contribution in [0.2, 0.25) is 0 Å². The van der Waals surface area contributed by atoms with E-state index in [2.05, 4.69) is 20.8 Å². The molecule has 0 fully saturated rings. The minimum absolute atomic E-state index is 0.178. The molecule has 0 unspecified atom stereocenters. The Morgan fingerprint density at radius 3 is 1.54 bits per heavy atom. The largest absolute Gasteiger partial charge is 0.744 e. The molecule has 1 rings (SSSR count). The van der Waals surface area contributed by atoms with Crippen molar-refractivity contribution >= 4 is 21.7 Å². The van der Waals surface area contributed by atoms with Gasteiger partial charge in [0.05, 0.1) is 24.5 Å². The second kappa shape index (κ2) is 13.5. The van der Waals surface area contributed by atoms with Gasteiger partial charge in [0, 0.05) is 0 Å². The van der Waals surface area contributed by atoms with Crippen LogP contribution in [0.4, 0.5) is 0 Å². The quantitative estimate of drug-likeness (QED) is 0.217. The number of alkyl halides is 1. The van der Waals surface area contributed by atoms with Crippen LogP contribution in [0, 0.1) is 6.92 Å². The highest BCUT2D eigenvalue weighted by Gasteiger charge is 2.24. The Morgan fingerprint density at radius 1 is 0.885 bits per heavy atom. The SMILES string of the molecule is CCCC[N+](CCl)(CCCC)CCCC.Cc1ccc(S(=O)(=O)[O-])cc1. The molecule has 0 spiro atoms. The zero-order chi connectivity index (χ0) is 20.1. The number of halogens is 1. The Bertz CT molecular complexity index is 551. The van der Waals surface area contributed by atoms with Crippen LogP contribution in [0.5, 0.6) is 0 Å². The van der Waals surface area contributed by atoms with Crippen molar-refractivity contribution in [1.82, 2.24) is 0 Å². The van der Waals surface area contributed by atoms with Gasteiger partial charge < -0.3 is 9.04 Å². The van der Waals surface area contributed by atoms with Crippen molar-refractivity contribution in [3.63, 3.8) is 0 Å². The molecule has 0 bridgehead atoms. The fraction of sp³-hybridized carbons (Fsp3) is 0.700. The molecule has 1 aromatic rings. The number of benzene rings is 1. The number of quaternary nitrogens is 1. The summed E-state index contributed by atoms with van der Waals surface area (Å²) >= 11 is 6.20. The van der Waals surface area contributed by atoms with Gasteiger partial charge in [-0.05, 0) is 38.3 Å². The number of aryl methyl sites for hydroxylation is 1. The Morgan fingerprint density at radius 2 is 1.27 bits per heavy atom. The molecule has 0 radical (unpaired) electrons. The molecule has 152 valence electrons. The maximum atomic E-state index is 10.4. The summed E-state index contributed by atoms with van der Waals surface area (Å²) in [6, 6.07) is 6.59. The van der Waals surface area contributed by atoms with E-state index in [0.717, 1.165) is 16.1 Å². The van der Waals surface area contributed by atoms with Crippen LogP contribution < -0.4 is 0 Å². The lowest BCUT2D eigenvalue weighted by atomic mass is 10.2. The highest BCUT2D eigenvalue weighted by molar-refractivity contribution is 7.85. The molecule has 0 aliphatic carbocycles. The molecule has 4 nitrogen and oxygen atoms in total. The molecule has 0 aliphatic rings. The summed E-state index contributed by atoms with van der Waals surface area (Å²) in [5, 5.41) is 0. The number of nitrogens with zero attached hydrogens (tertiary/aromatic N) is 1. The third-order valence-electron chi connectivity index (χ3n) is 4.52. The molecule has 0 saturated heterocycles. The van der Waals surface area contributed by atoms with Crippen LogP contribution in [-0.4, -0.2) is 43.1 Å². The van der Waals surface area contributed by atoms with Crippen LogP contribution in [0.3, 0.4) is 0 Å². The lowest BCUT2D eigenvalue weighted by molar-refractivity contribution is -0.918. The summed E-state index contributed by atoms with van der Waals surface area (Å²) in [6.07, 6.45) is 7.82. The van der Waals surface area contributed by atoms with Gasteiger partial charge in [0.2, 0.25) is 0 Å². The number of hydrogen-bond acceptors (Lipinski definition) is 3.